The lowest BCUT2D eigenvalue weighted by Crippen LogP contribution is -2.62. The molecule has 566 valence electrons. The molecule has 0 aliphatic carbocycles. The van der Waals surface area contributed by atoms with Crippen LogP contribution in [0.3, 0.4) is 0 Å². The number of carboxylic acids is 1. The lowest BCUT2D eigenvalue weighted by Gasteiger charge is -2.31. The number of amides is 11. The number of aliphatic imine (C=N–C) groups is 1. The highest BCUT2D eigenvalue weighted by atomic mass is 16.4. The fourth-order valence-corrected chi connectivity index (χ4v) is 10.6. The van der Waals surface area contributed by atoms with E-state index in [0.29, 0.717) is 62.7 Å². The molecule has 24 N–H and O–H groups in total. The van der Waals surface area contributed by atoms with Crippen molar-refractivity contribution in [3.63, 3.8) is 0 Å². The first-order chi connectivity index (χ1) is 48.5. The number of nitrogens with two attached hydrogens (primary N) is 5. The highest BCUT2D eigenvalue weighted by Gasteiger charge is 2.38. The summed E-state index contributed by atoms with van der Waals surface area (Å²) in [4.78, 5) is 178. The van der Waals surface area contributed by atoms with Crippen molar-refractivity contribution in [2.45, 2.75) is 218 Å². The number of guanidine groups is 1. The van der Waals surface area contributed by atoms with Crippen LogP contribution in [-0.2, 0) is 76.8 Å². The smallest absolute Gasteiger partial charge is 0.326 e. The van der Waals surface area contributed by atoms with Crippen molar-refractivity contribution < 1.29 is 67.7 Å². The maximum Gasteiger partial charge on any atom is 0.326 e. The number of aromatic nitrogens is 2. The van der Waals surface area contributed by atoms with Crippen LogP contribution < -0.4 is 87.2 Å². The third-order valence-electron chi connectivity index (χ3n) is 17.6. The van der Waals surface area contributed by atoms with Crippen molar-refractivity contribution in [3.05, 3.63) is 90.0 Å². The first-order valence-corrected chi connectivity index (χ1v) is 35.0. The van der Waals surface area contributed by atoms with E-state index in [2.05, 4.69) is 73.4 Å². The second-order valence-corrected chi connectivity index (χ2v) is 25.7. The van der Waals surface area contributed by atoms with Crippen molar-refractivity contribution in [2.24, 2.45) is 51.4 Å². The van der Waals surface area contributed by atoms with Gasteiger partial charge in [-0.25, -0.2) is 9.78 Å². The van der Waals surface area contributed by atoms with Crippen LogP contribution >= 0.6 is 0 Å². The van der Waals surface area contributed by atoms with Crippen molar-refractivity contribution in [1.82, 2.24) is 68.5 Å². The summed E-state index contributed by atoms with van der Waals surface area (Å²) in [5.74, 6) is -12.1. The average Bonchev–Trinajstić information content (AvgIpc) is 0.883. The maximum absolute atomic E-state index is 14.8. The van der Waals surface area contributed by atoms with Gasteiger partial charge in [0.25, 0.3) is 0 Å². The Labute approximate surface area is 596 Å². The van der Waals surface area contributed by atoms with Gasteiger partial charge in [0.2, 0.25) is 65.0 Å². The summed E-state index contributed by atoms with van der Waals surface area (Å²) in [5.41, 5.74) is 30.6. The molecule has 3 aromatic rings. The van der Waals surface area contributed by atoms with E-state index in [1.54, 1.807) is 58.0 Å². The average molecular weight is 1430 g/mol. The third kappa shape index (κ3) is 30.3. The Bertz CT molecular complexity index is 3180. The molecule has 33 nitrogen and oxygen atoms in total. The van der Waals surface area contributed by atoms with Gasteiger partial charge in [-0.2, -0.15) is 0 Å². The second-order valence-electron chi connectivity index (χ2n) is 25.7. The van der Waals surface area contributed by atoms with Gasteiger partial charge >= 0.3 is 5.97 Å². The number of hydrogen-bond acceptors (Lipinski definition) is 18. The van der Waals surface area contributed by atoms with Crippen molar-refractivity contribution in [3.8, 4) is 0 Å². The zero-order valence-corrected chi connectivity index (χ0v) is 59.9. The van der Waals surface area contributed by atoms with Crippen molar-refractivity contribution in [2.75, 3.05) is 26.2 Å². The minimum Gasteiger partial charge on any atom is -0.480 e. The molecule has 0 radical (unpaired) electrons. The number of carbonyl (C=O) groups is 12. The van der Waals surface area contributed by atoms with E-state index in [1.165, 1.54) is 26.4 Å². The molecule has 0 fully saturated rings. The van der Waals surface area contributed by atoms with Crippen LogP contribution in [-0.4, -0.2) is 196 Å². The summed E-state index contributed by atoms with van der Waals surface area (Å²) in [6.45, 7) is 12.8. The molecule has 0 saturated carbocycles. The Hall–Kier alpha value is -9.60. The Morgan fingerprint density at radius 3 is 1.29 bits per heavy atom. The van der Waals surface area contributed by atoms with Gasteiger partial charge in [0.15, 0.2) is 5.96 Å². The van der Waals surface area contributed by atoms with Gasteiger partial charge < -0.3 is 102 Å². The molecule has 0 spiro atoms. The van der Waals surface area contributed by atoms with Crippen LogP contribution in [0, 0.1) is 17.8 Å². The third-order valence-corrected chi connectivity index (χ3v) is 17.6. The number of imidazole rings is 1. The van der Waals surface area contributed by atoms with Gasteiger partial charge in [-0.3, -0.25) is 57.7 Å². The fourth-order valence-electron chi connectivity index (χ4n) is 10.6. The van der Waals surface area contributed by atoms with Crippen LogP contribution in [0.5, 0.6) is 0 Å². The fraction of sp³-hybridized carbons (Fsp3) is 0.594. The molecule has 0 unspecified atom stereocenters. The van der Waals surface area contributed by atoms with Gasteiger partial charge in [-0.05, 0) is 114 Å². The minimum absolute atomic E-state index is 0.0220. The van der Waals surface area contributed by atoms with Crippen LogP contribution in [0.15, 0.2) is 78.2 Å². The number of aliphatic carboxylic acids is 1. The minimum atomic E-state index is -1.72. The Morgan fingerprint density at radius 2 is 0.824 bits per heavy atom. The van der Waals surface area contributed by atoms with Gasteiger partial charge in [0.1, 0.15) is 66.5 Å². The Morgan fingerprint density at radius 1 is 0.451 bits per heavy atom. The van der Waals surface area contributed by atoms with E-state index in [9.17, 15) is 67.7 Å². The van der Waals surface area contributed by atoms with Crippen LogP contribution in [0.1, 0.15) is 143 Å². The molecular formula is C69H111N19O14. The largest absolute Gasteiger partial charge is 0.480 e. The molecule has 11 amide bonds. The number of rotatable bonds is 48. The number of benzene rings is 2. The maximum atomic E-state index is 14.8. The van der Waals surface area contributed by atoms with Gasteiger partial charge in [-0.1, -0.05) is 121 Å². The van der Waals surface area contributed by atoms with E-state index < -0.39 is 168 Å². The van der Waals surface area contributed by atoms with Gasteiger partial charge in [-0.15, -0.1) is 0 Å². The number of nitrogens with one attached hydrogen (secondary N) is 12. The molecule has 102 heavy (non-hydrogen) atoms. The summed E-state index contributed by atoms with van der Waals surface area (Å²) >= 11 is 0. The first-order valence-electron chi connectivity index (χ1n) is 35.0. The first kappa shape index (κ1) is 86.6. The normalized spacial score (nSPS) is 15.6. The lowest BCUT2D eigenvalue weighted by atomic mass is 9.94. The van der Waals surface area contributed by atoms with Crippen molar-refractivity contribution in [1.29, 1.82) is 0 Å². The van der Waals surface area contributed by atoms with E-state index in [0.717, 1.165) is 5.56 Å². The quantitative estimate of drug-likeness (QED) is 0.0160. The summed E-state index contributed by atoms with van der Waals surface area (Å²) in [6.07, 6.45) is 5.66. The number of hydrogen-bond donors (Lipinski definition) is 19. The zero-order valence-electron chi connectivity index (χ0n) is 59.9. The number of aliphatic hydroxyl groups excluding tert-OH is 1. The monoisotopic (exact) mass is 1430 g/mol. The standard InChI is InChI=1S/C69H111N19O14/c1-9-39(4)54(65(98)79-42(7)57(90)78-43(8)58(91)85-53(37-89)64(97)83-52(35-46-36-75-38-77-46)63(96)80-48(27-18-20-30-70)60(93)82-50(68(101)102)28-19-21-31-71)87-61(94)49(29-22-32-76-69(73)74)81-62(95)51(34-45-25-16-13-17-26-45)84-66(99)55(40(5)10-2)88-67(100)56(41(6)11-3)86-59(92)47(72)33-44-23-14-12-15-24-44/h12-17,23-26,36,38-43,47-56,89H,9-11,18-22,27-35,37,70-72H2,1-8H3,(H,75,77)(H,78,90)(H,79,98)(H,80,96)(H,81,95)(H,82,93)(H,83,97)(H,84,99)(H,85,91)(H,86,92)(H,87,94)(H,88,100)(H,101,102)(H4,73,74,76)/t39-,40-,41-,42-,43-,47-,48-,49-,50-,51-,52-,53-,54-,55-,56-/m0/s1. The molecule has 0 aliphatic rings. The molecule has 0 bridgehead atoms. The Kier molecular flexibility index (Phi) is 39.1. The van der Waals surface area contributed by atoms with Crippen molar-refractivity contribution >= 4 is 76.9 Å². The molecule has 15 atom stereocenters. The number of nitrogens with zero attached hydrogens (tertiary/aromatic N) is 2. The summed E-state index contributed by atoms with van der Waals surface area (Å²) in [5, 5.41) is 49.1. The highest BCUT2D eigenvalue weighted by molar-refractivity contribution is 5.99. The summed E-state index contributed by atoms with van der Waals surface area (Å²) in [6, 6.07) is 1.86. The molecule has 33 heteroatoms. The number of aromatic amines is 1. The molecule has 2 aromatic carbocycles. The number of aliphatic hydroxyl groups is 1. The number of unbranched alkanes of at least 4 members (excludes halogenated alkanes) is 2. The lowest BCUT2D eigenvalue weighted by molar-refractivity contribution is -0.142. The molecular weight excluding hydrogens is 1320 g/mol. The van der Waals surface area contributed by atoms with E-state index in [1.807, 2.05) is 44.2 Å². The number of carboxylic acid groups (broad SMARTS) is 1. The van der Waals surface area contributed by atoms with Crippen LogP contribution in [0.4, 0.5) is 0 Å². The predicted molar refractivity (Wildman–Crippen MR) is 382 cm³/mol. The SMILES string of the molecule is CC[C@H](C)[C@H](NC(=O)[C@H](CCCN=C(N)N)NC(=O)[C@H](Cc1ccccc1)NC(=O)[C@@H](NC(=O)[C@@H](NC(=O)[C@@H](N)Cc1ccccc1)[C@@H](C)CC)[C@@H](C)CC)C(=O)N[C@@H](C)C(=O)N[C@@H](C)C(=O)N[C@@H](CO)C(=O)N[C@@H](Cc1cnc[nH]1)C(=O)N[C@@H](CCCCN)C(=O)N[C@@H](CCCCN)C(=O)O. The molecule has 0 aliphatic heterocycles. The summed E-state index contributed by atoms with van der Waals surface area (Å²) in [7, 11) is 0. The van der Waals surface area contributed by atoms with Crippen LogP contribution in [0.2, 0.25) is 0 Å². The Balaban J connectivity index is 1.83. The van der Waals surface area contributed by atoms with E-state index >= 15 is 0 Å². The van der Waals surface area contributed by atoms with Crippen LogP contribution in [0.25, 0.3) is 0 Å². The van der Waals surface area contributed by atoms with E-state index in [-0.39, 0.29) is 64.0 Å². The molecule has 1 heterocycles. The van der Waals surface area contributed by atoms with Gasteiger partial charge in [0, 0.05) is 31.3 Å². The highest BCUT2D eigenvalue weighted by Crippen LogP contribution is 2.17. The molecule has 1 aromatic heterocycles. The number of carbonyl (C=O) groups excluding carboxylic acids is 11. The number of H-pyrrole nitrogens is 1. The van der Waals surface area contributed by atoms with Gasteiger partial charge in [0.05, 0.1) is 19.0 Å². The molecule has 0 saturated heterocycles. The zero-order chi connectivity index (χ0) is 76.0. The second kappa shape index (κ2) is 46.0. The molecule has 3 rings (SSSR count). The summed E-state index contributed by atoms with van der Waals surface area (Å²) < 4.78 is 0. The van der Waals surface area contributed by atoms with E-state index in [4.69, 9.17) is 28.7 Å². The topological polar surface area (TPSA) is 549 Å². The predicted octanol–water partition coefficient (Wildman–Crippen LogP) is -2.34.